The Hall–Kier alpha value is -1.62. The molecule has 0 spiro atoms. The van der Waals surface area contributed by atoms with Crippen LogP contribution >= 0.6 is 11.8 Å². The van der Waals surface area contributed by atoms with Crippen molar-refractivity contribution in [3.63, 3.8) is 0 Å². The van der Waals surface area contributed by atoms with Crippen LogP contribution in [-0.4, -0.2) is 27.8 Å². The van der Waals surface area contributed by atoms with Gasteiger partial charge in [0.1, 0.15) is 17.2 Å². The molecule has 5 heteroatoms. The van der Waals surface area contributed by atoms with E-state index in [4.69, 9.17) is 0 Å². The molecule has 1 N–H and O–H groups in total. The minimum atomic E-state index is 0.821. The highest BCUT2D eigenvalue weighted by Gasteiger charge is 1.97. The molecule has 0 saturated heterocycles. The molecule has 2 heterocycles. The van der Waals surface area contributed by atoms with E-state index in [9.17, 15) is 0 Å². The molecule has 0 bridgehead atoms. The molecule has 0 aromatic carbocycles. The summed E-state index contributed by atoms with van der Waals surface area (Å²) >= 11 is 1.61. The van der Waals surface area contributed by atoms with E-state index in [-0.39, 0.29) is 0 Å². The third-order valence-corrected chi connectivity index (χ3v) is 2.91. The van der Waals surface area contributed by atoms with Gasteiger partial charge in [0.15, 0.2) is 0 Å². The van der Waals surface area contributed by atoms with Gasteiger partial charge >= 0.3 is 0 Å². The number of anilines is 1. The highest BCUT2D eigenvalue weighted by molar-refractivity contribution is 7.98. The molecule has 0 radical (unpaired) electrons. The van der Waals surface area contributed by atoms with E-state index in [1.54, 1.807) is 18.1 Å². The van der Waals surface area contributed by atoms with Crippen molar-refractivity contribution in [2.45, 2.75) is 11.4 Å². The maximum absolute atomic E-state index is 4.27. The molecule has 2 rings (SSSR count). The molecule has 0 atom stereocenters. The van der Waals surface area contributed by atoms with Gasteiger partial charge in [-0.25, -0.2) is 9.97 Å². The second-order valence-corrected chi connectivity index (χ2v) is 4.27. The zero-order valence-corrected chi connectivity index (χ0v) is 10.4. The molecule has 0 saturated carbocycles. The quantitative estimate of drug-likeness (QED) is 0.647. The lowest BCUT2D eigenvalue weighted by atomic mass is 10.3. The van der Waals surface area contributed by atoms with Crippen LogP contribution in [0, 0.1) is 0 Å². The predicted molar refractivity (Wildman–Crippen MR) is 70.2 cm³/mol. The Morgan fingerprint density at radius 1 is 1.24 bits per heavy atom. The van der Waals surface area contributed by atoms with E-state index in [0.717, 1.165) is 29.5 Å². The number of hydrogen-bond acceptors (Lipinski definition) is 5. The monoisotopic (exact) mass is 246 g/mol. The lowest BCUT2D eigenvalue weighted by Crippen LogP contribution is -2.07. The standard InChI is InChI=1S/C12H14N4S/c1-17-12-8-11(15-9-16-12)14-7-5-10-4-2-3-6-13-10/h2-4,6,8-9H,5,7H2,1H3,(H,14,15,16). The van der Waals surface area contributed by atoms with Crippen molar-refractivity contribution >= 4 is 17.6 Å². The smallest absolute Gasteiger partial charge is 0.130 e. The molecular formula is C12H14N4S. The summed E-state index contributed by atoms with van der Waals surface area (Å²) < 4.78 is 0. The Bertz CT molecular complexity index is 461. The van der Waals surface area contributed by atoms with Crippen LogP contribution < -0.4 is 5.32 Å². The molecule has 0 aliphatic carbocycles. The molecule has 0 unspecified atom stereocenters. The summed E-state index contributed by atoms with van der Waals surface area (Å²) in [5.41, 5.74) is 1.08. The molecule has 0 amide bonds. The van der Waals surface area contributed by atoms with Crippen molar-refractivity contribution in [3.8, 4) is 0 Å². The first-order valence-corrected chi connectivity index (χ1v) is 6.61. The Morgan fingerprint density at radius 2 is 2.18 bits per heavy atom. The lowest BCUT2D eigenvalue weighted by molar-refractivity contribution is 0.943. The zero-order valence-electron chi connectivity index (χ0n) is 9.63. The van der Waals surface area contributed by atoms with Crippen molar-refractivity contribution in [1.29, 1.82) is 0 Å². The molecular weight excluding hydrogens is 232 g/mol. The maximum Gasteiger partial charge on any atom is 0.130 e. The summed E-state index contributed by atoms with van der Waals surface area (Å²) in [5.74, 6) is 0.861. The Balaban J connectivity index is 1.86. The normalized spacial score (nSPS) is 10.2. The summed E-state index contributed by atoms with van der Waals surface area (Å²) in [6.45, 7) is 0.821. The summed E-state index contributed by atoms with van der Waals surface area (Å²) in [5, 5.41) is 4.24. The number of nitrogens with zero attached hydrogens (tertiary/aromatic N) is 3. The minimum Gasteiger partial charge on any atom is -0.370 e. The first-order valence-electron chi connectivity index (χ1n) is 5.38. The fourth-order valence-electron chi connectivity index (χ4n) is 1.41. The van der Waals surface area contributed by atoms with Gasteiger partial charge in [-0.15, -0.1) is 11.8 Å². The fraction of sp³-hybridized carbons (Fsp3) is 0.250. The van der Waals surface area contributed by atoms with Crippen LogP contribution in [0.2, 0.25) is 0 Å². The van der Waals surface area contributed by atoms with Gasteiger partial charge in [-0.05, 0) is 18.4 Å². The zero-order chi connectivity index (χ0) is 11.9. The van der Waals surface area contributed by atoms with E-state index < -0.39 is 0 Å². The topological polar surface area (TPSA) is 50.7 Å². The van der Waals surface area contributed by atoms with Gasteiger partial charge < -0.3 is 5.32 Å². The first kappa shape index (κ1) is 11.9. The number of rotatable bonds is 5. The van der Waals surface area contributed by atoms with Crippen LogP contribution in [0.5, 0.6) is 0 Å². The maximum atomic E-state index is 4.27. The Kier molecular flexibility index (Phi) is 4.32. The highest BCUT2D eigenvalue weighted by atomic mass is 32.2. The predicted octanol–water partition coefficient (Wildman–Crippen LogP) is 2.25. The summed E-state index contributed by atoms with van der Waals surface area (Å²) in [6, 6.07) is 7.89. The fourth-order valence-corrected chi connectivity index (χ4v) is 1.79. The lowest BCUT2D eigenvalue weighted by Gasteiger charge is -2.05. The third kappa shape index (κ3) is 3.71. The molecule has 0 fully saturated rings. The second kappa shape index (κ2) is 6.20. The number of thioether (sulfide) groups is 1. The van der Waals surface area contributed by atoms with Gasteiger partial charge in [0.2, 0.25) is 0 Å². The van der Waals surface area contributed by atoms with Gasteiger partial charge in [0, 0.05) is 30.9 Å². The average Bonchev–Trinajstić information content (AvgIpc) is 2.40. The Labute approximate surface area is 105 Å². The van der Waals surface area contributed by atoms with Crippen LogP contribution in [-0.2, 0) is 6.42 Å². The summed E-state index contributed by atoms with van der Waals surface area (Å²) in [7, 11) is 0. The van der Waals surface area contributed by atoms with Gasteiger partial charge in [0.25, 0.3) is 0 Å². The number of aromatic nitrogens is 3. The van der Waals surface area contributed by atoms with Crippen molar-refractivity contribution < 1.29 is 0 Å². The highest BCUT2D eigenvalue weighted by Crippen LogP contribution is 2.13. The van der Waals surface area contributed by atoms with Crippen molar-refractivity contribution in [2.24, 2.45) is 0 Å². The number of nitrogens with one attached hydrogen (secondary N) is 1. The van der Waals surface area contributed by atoms with E-state index in [0.29, 0.717) is 0 Å². The first-order chi connectivity index (χ1) is 8.38. The summed E-state index contributed by atoms with van der Waals surface area (Å²) in [4.78, 5) is 12.6. The molecule has 88 valence electrons. The summed E-state index contributed by atoms with van der Waals surface area (Å²) in [6.07, 6.45) is 6.28. The van der Waals surface area contributed by atoms with E-state index in [1.165, 1.54) is 0 Å². The van der Waals surface area contributed by atoms with Gasteiger partial charge in [-0.1, -0.05) is 6.07 Å². The minimum absolute atomic E-state index is 0.821. The van der Waals surface area contributed by atoms with Gasteiger partial charge in [-0.2, -0.15) is 0 Å². The van der Waals surface area contributed by atoms with E-state index in [1.807, 2.05) is 36.7 Å². The largest absolute Gasteiger partial charge is 0.370 e. The van der Waals surface area contributed by atoms with Crippen LogP contribution in [0.15, 0.2) is 41.8 Å². The molecule has 0 aliphatic heterocycles. The number of hydrogen-bond donors (Lipinski definition) is 1. The van der Waals surface area contributed by atoms with Crippen LogP contribution in [0.1, 0.15) is 5.69 Å². The van der Waals surface area contributed by atoms with Crippen molar-refractivity contribution in [3.05, 3.63) is 42.5 Å². The van der Waals surface area contributed by atoms with Crippen LogP contribution in [0.25, 0.3) is 0 Å². The van der Waals surface area contributed by atoms with Gasteiger partial charge in [-0.3, -0.25) is 4.98 Å². The molecule has 17 heavy (non-hydrogen) atoms. The van der Waals surface area contributed by atoms with Crippen molar-refractivity contribution in [2.75, 3.05) is 18.1 Å². The van der Waals surface area contributed by atoms with Crippen molar-refractivity contribution in [1.82, 2.24) is 15.0 Å². The molecule has 2 aromatic heterocycles. The average molecular weight is 246 g/mol. The van der Waals surface area contributed by atoms with E-state index >= 15 is 0 Å². The molecule has 0 aliphatic rings. The molecule has 2 aromatic rings. The van der Waals surface area contributed by atoms with Crippen LogP contribution in [0.4, 0.5) is 5.82 Å². The van der Waals surface area contributed by atoms with Gasteiger partial charge in [0.05, 0.1) is 0 Å². The van der Waals surface area contributed by atoms with Crippen LogP contribution in [0.3, 0.4) is 0 Å². The Morgan fingerprint density at radius 3 is 2.94 bits per heavy atom. The molecule has 4 nitrogen and oxygen atoms in total. The number of pyridine rings is 1. The second-order valence-electron chi connectivity index (χ2n) is 3.44. The van der Waals surface area contributed by atoms with E-state index in [2.05, 4.69) is 20.3 Å². The SMILES string of the molecule is CSc1cc(NCCc2ccccn2)ncn1. The third-order valence-electron chi connectivity index (χ3n) is 2.26.